The summed E-state index contributed by atoms with van der Waals surface area (Å²) >= 11 is 0. The van der Waals surface area contributed by atoms with Crippen LogP contribution in [-0.4, -0.2) is 18.0 Å². The summed E-state index contributed by atoms with van der Waals surface area (Å²) in [5.74, 6) is 1.38. The first-order valence-electron chi connectivity index (χ1n) is 7.27. The fraction of sp³-hybridized carbons (Fsp3) is 0.929. The fourth-order valence-electron chi connectivity index (χ4n) is 3.73. The summed E-state index contributed by atoms with van der Waals surface area (Å²) in [6.07, 6.45) is 10.0. The summed E-state index contributed by atoms with van der Waals surface area (Å²) in [4.78, 5) is 11.4. The average molecular weight is 238 g/mol. The molecule has 17 heavy (non-hydrogen) atoms. The second kappa shape index (κ2) is 5.85. The van der Waals surface area contributed by atoms with Gasteiger partial charge < -0.3 is 11.1 Å². The molecule has 1 aliphatic carbocycles. The van der Waals surface area contributed by atoms with E-state index in [0.717, 1.165) is 18.3 Å². The van der Waals surface area contributed by atoms with E-state index >= 15 is 0 Å². The molecule has 0 aromatic heterocycles. The van der Waals surface area contributed by atoms with Gasteiger partial charge in [-0.15, -0.1) is 0 Å². The Hall–Kier alpha value is -0.570. The summed E-state index contributed by atoms with van der Waals surface area (Å²) < 4.78 is 0. The molecule has 0 aromatic rings. The van der Waals surface area contributed by atoms with Crippen LogP contribution in [0.1, 0.15) is 58.3 Å². The van der Waals surface area contributed by atoms with E-state index in [2.05, 4.69) is 12.2 Å². The molecule has 3 N–H and O–H groups in total. The van der Waals surface area contributed by atoms with Gasteiger partial charge in [0.2, 0.25) is 5.91 Å². The molecule has 1 heterocycles. The standard InChI is InChI=1S/C14H26N2O/c1-2-3-8-12-11-7-5-4-6-10(11)9-13(16-12)14(15)17/h10-13,16H,2-9H2,1H3,(H2,15,17)/t10-,11-,12?,13-/m0/s1. The third-order valence-corrected chi connectivity index (χ3v) is 4.65. The molecule has 0 radical (unpaired) electrons. The molecule has 0 spiro atoms. The summed E-state index contributed by atoms with van der Waals surface area (Å²) in [6.45, 7) is 2.23. The number of rotatable bonds is 4. The van der Waals surface area contributed by atoms with Gasteiger partial charge in [-0.25, -0.2) is 0 Å². The average Bonchev–Trinajstić information content (AvgIpc) is 2.35. The second-order valence-electron chi connectivity index (χ2n) is 5.81. The van der Waals surface area contributed by atoms with Gasteiger partial charge in [0.25, 0.3) is 0 Å². The maximum atomic E-state index is 11.4. The van der Waals surface area contributed by atoms with Crippen molar-refractivity contribution in [3.05, 3.63) is 0 Å². The Morgan fingerprint density at radius 3 is 2.82 bits per heavy atom. The van der Waals surface area contributed by atoms with Gasteiger partial charge in [0.15, 0.2) is 0 Å². The van der Waals surface area contributed by atoms with E-state index in [-0.39, 0.29) is 11.9 Å². The number of fused-ring (bicyclic) bond motifs is 1. The van der Waals surface area contributed by atoms with Crippen molar-refractivity contribution in [2.45, 2.75) is 70.4 Å². The molecule has 1 aliphatic heterocycles. The van der Waals surface area contributed by atoms with E-state index in [1.54, 1.807) is 0 Å². The Bertz CT molecular complexity index is 267. The molecule has 0 aromatic carbocycles. The van der Waals surface area contributed by atoms with Crippen molar-refractivity contribution < 1.29 is 4.79 Å². The zero-order valence-corrected chi connectivity index (χ0v) is 11.0. The van der Waals surface area contributed by atoms with Gasteiger partial charge >= 0.3 is 0 Å². The quantitative estimate of drug-likeness (QED) is 0.789. The predicted octanol–water partition coefficient (Wildman–Crippen LogP) is 2.20. The van der Waals surface area contributed by atoms with E-state index in [1.807, 2.05) is 0 Å². The molecule has 3 heteroatoms. The van der Waals surface area contributed by atoms with Crippen LogP contribution in [0, 0.1) is 11.8 Å². The molecule has 1 unspecified atom stereocenters. The van der Waals surface area contributed by atoms with Gasteiger partial charge in [-0.05, 0) is 31.1 Å². The summed E-state index contributed by atoms with van der Waals surface area (Å²) in [5, 5.41) is 3.51. The maximum Gasteiger partial charge on any atom is 0.234 e. The van der Waals surface area contributed by atoms with Gasteiger partial charge in [-0.3, -0.25) is 4.79 Å². The predicted molar refractivity (Wildman–Crippen MR) is 69.5 cm³/mol. The highest BCUT2D eigenvalue weighted by Gasteiger charge is 2.39. The summed E-state index contributed by atoms with van der Waals surface area (Å²) in [5.41, 5.74) is 5.48. The van der Waals surface area contributed by atoms with Crippen molar-refractivity contribution in [2.75, 3.05) is 0 Å². The SMILES string of the molecule is CCCCC1N[C@H](C(N)=O)C[C@@H]2CCCC[C@H]12. The molecule has 98 valence electrons. The number of hydrogen-bond acceptors (Lipinski definition) is 2. The third-order valence-electron chi connectivity index (χ3n) is 4.65. The highest BCUT2D eigenvalue weighted by molar-refractivity contribution is 5.80. The van der Waals surface area contributed by atoms with Crippen LogP contribution in [-0.2, 0) is 4.79 Å². The molecule has 1 amide bonds. The van der Waals surface area contributed by atoms with Crippen molar-refractivity contribution in [1.29, 1.82) is 0 Å². The summed E-state index contributed by atoms with van der Waals surface area (Å²) in [6, 6.07) is 0.461. The van der Waals surface area contributed by atoms with Crippen LogP contribution in [0.5, 0.6) is 0 Å². The first-order valence-corrected chi connectivity index (χ1v) is 7.27. The molecule has 1 saturated heterocycles. The molecule has 1 saturated carbocycles. The normalized spacial score (nSPS) is 37.5. The smallest absolute Gasteiger partial charge is 0.234 e. The van der Waals surface area contributed by atoms with Crippen molar-refractivity contribution >= 4 is 5.91 Å². The molecule has 4 atom stereocenters. The number of carbonyl (C=O) groups excluding carboxylic acids is 1. The highest BCUT2D eigenvalue weighted by Crippen LogP contribution is 2.39. The van der Waals surface area contributed by atoms with Crippen LogP contribution in [0.2, 0.25) is 0 Å². The lowest BCUT2D eigenvalue weighted by molar-refractivity contribution is -0.122. The molecular weight excluding hydrogens is 212 g/mol. The molecule has 2 rings (SSSR count). The Balaban J connectivity index is 2.01. The topological polar surface area (TPSA) is 55.1 Å². The van der Waals surface area contributed by atoms with Crippen LogP contribution in [0.15, 0.2) is 0 Å². The Morgan fingerprint density at radius 1 is 1.35 bits per heavy atom. The van der Waals surface area contributed by atoms with Gasteiger partial charge in [0, 0.05) is 6.04 Å². The molecule has 0 bridgehead atoms. The minimum atomic E-state index is -0.157. The number of piperidine rings is 1. The van der Waals surface area contributed by atoms with Gasteiger partial charge in [0.05, 0.1) is 6.04 Å². The summed E-state index contributed by atoms with van der Waals surface area (Å²) in [7, 11) is 0. The Morgan fingerprint density at radius 2 is 2.12 bits per heavy atom. The number of carbonyl (C=O) groups is 1. The number of amides is 1. The number of nitrogens with one attached hydrogen (secondary N) is 1. The Kier molecular flexibility index (Phi) is 4.43. The highest BCUT2D eigenvalue weighted by atomic mass is 16.1. The van der Waals surface area contributed by atoms with Crippen LogP contribution < -0.4 is 11.1 Å². The van der Waals surface area contributed by atoms with Crippen molar-refractivity contribution in [2.24, 2.45) is 17.6 Å². The molecule has 2 fully saturated rings. The number of primary amides is 1. The van der Waals surface area contributed by atoms with E-state index in [9.17, 15) is 4.79 Å². The van der Waals surface area contributed by atoms with E-state index in [0.29, 0.717) is 6.04 Å². The second-order valence-corrected chi connectivity index (χ2v) is 5.81. The first-order chi connectivity index (χ1) is 8.22. The van der Waals surface area contributed by atoms with Gasteiger partial charge in [0.1, 0.15) is 0 Å². The van der Waals surface area contributed by atoms with Gasteiger partial charge in [-0.1, -0.05) is 39.0 Å². The van der Waals surface area contributed by atoms with Gasteiger partial charge in [-0.2, -0.15) is 0 Å². The zero-order chi connectivity index (χ0) is 12.3. The van der Waals surface area contributed by atoms with Crippen LogP contribution >= 0.6 is 0 Å². The maximum absolute atomic E-state index is 11.4. The molecule has 3 nitrogen and oxygen atoms in total. The van der Waals surface area contributed by atoms with E-state index < -0.39 is 0 Å². The monoisotopic (exact) mass is 238 g/mol. The molecule has 2 aliphatic rings. The Labute approximate surface area is 105 Å². The zero-order valence-electron chi connectivity index (χ0n) is 11.0. The lowest BCUT2D eigenvalue weighted by Crippen LogP contribution is -2.56. The first kappa shape index (κ1) is 12.9. The van der Waals surface area contributed by atoms with Crippen molar-refractivity contribution in [1.82, 2.24) is 5.32 Å². The third kappa shape index (κ3) is 3.01. The van der Waals surface area contributed by atoms with Crippen LogP contribution in [0.4, 0.5) is 0 Å². The van der Waals surface area contributed by atoms with Crippen LogP contribution in [0.25, 0.3) is 0 Å². The number of unbranched alkanes of at least 4 members (excludes halogenated alkanes) is 1. The molecular formula is C14H26N2O. The fourth-order valence-corrected chi connectivity index (χ4v) is 3.73. The minimum absolute atomic E-state index is 0.0730. The van der Waals surface area contributed by atoms with Crippen molar-refractivity contribution in [3.63, 3.8) is 0 Å². The van der Waals surface area contributed by atoms with Crippen LogP contribution in [0.3, 0.4) is 0 Å². The van der Waals surface area contributed by atoms with E-state index in [1.165, 1.54) is 44.9 Å². The van der Waals surface area contributed by atoms with Crippen molar-refractivity contribution in [3.8, 4) is 0 Å². The number of nitrogens with two attached hydrogens (primary N) is 1. The largest absolute Gasteiger partial charge is 0.368 e. The van der Waals surface area contributed by atoms with E-state index in [4.69, 9.17) is 5.73 Å². The number of hydrogen-bond donors (Lipinski definition) is 2. The lowest BCUT2D eigenvalue weighted by atomic mass is 9.69. The minimum Gasteiger partial charge on any atom is -0.368 e. The lowest BCUT2D eigenvalue weighted by Gasteiger charge is -2.45.